The molecule has 38 heavy (non-hydrogen) atoms. The zero-order valence-corrected chi connectivity index (χ0v) is 22.2. The third-order valence-corrected chi connectivity index (χ3v) is 6.26. The van der Waals surface area contributed by atoms with E-state index in [-0.39, 0.29) is 22.8 Å². The van der Waals surface area contributed by atoms with Gasteiger partial charge in [0, 0.05) is 0 Å². The van der Waals surface area contributed by atoms with Crippen LogP contribution >= 0.6 is 0 Å². The van der Waals surface area contributed by atoms with Crippen molar-refractivity contribution >= 4 is 0 Å². The molecule has 0 aliphatic heterocycles. The van der Waals surface area contributed by atoms with E-state index in [4.69, 9.17) is 14.2 Å². The Bertz CT molecular complexity index is 1620. The lowest BCUT2D eigenvalue weighted by Crippen LogP contribution is -2.05. The fourth-order valence-corrected chi connectivity index (χ4v) is 4.06. The number of para-hydroxylation sites is 1. The van der Waals surface area contributed by atoms with Crippen molar-refractivity contribution in [3.8, 4) is 46.6 Å². The van der Waals surface area contributed by atoms with Crippen LogP contribution in [0.15, 0.2) is 54.6 Å². The molecule has 0 aliphatic rings. The van der Waals surface area contributed by atoms with Crippen LogP contribution in [0, 0.1) is 70.0 Å². The van der Waals surface area contributed by atoms with Crippen molar-refractivity contribution in [1.82, 2.24) is 0 Å². The van der Waals surface area contributed by atoms with Crippen LogP contribution in [0.5, 0.6) is 34.5 Å². The van der Waals surface area contributed by atoms with Gasteiger partial charge in [-0.1, -0.05) is 42.5 Å². The highest BCUT2D eigenvalue weighted by molar-refractivity contribution is 5.69. The Morgan fingerprint density at radius 2 is 1.05 bits per heavy atom. The van der Waals surface area contributed by atoms with Crippen LogP contribution in [0.3, 0.4) is 0 Å². The van der Waals surface area contributed by atoms with Crippen LogP contribution in [0.1, 0.15) is 44.5 Å². The van der Waals surface area contributed by atoms with Gasteiger partial charge in [-0.3, -0.25) is 0 Å². The minimum Gasteiger partial charge on any atom is -0.451 e. The van der Waals surface area contributed by atoms with Gasteiger partial charge in [0.2, 0.25) is 11.5 Å². The lowest BCUT2D eigenvalue weighted by Gasteiger charge is -2.22. The number of rotatable bonds is 6. The summed E-state index contributed by atoms with van der Waals surface area (Å²) in [7, 11) is 0. The maximum Gasteiger partial charge on any atom is 0.216 e. The summed E-state index contributed by atoms with van der Waals surface area (Å²) in [5.74, 6) is -0.255. The van der Waals surface area contributed by atoms with Gasteiger partial charge >= 0.3 is 0 Å². The summed E-state index contributed by atoms with van der Waals surface area (Å²) in [5.41, 5.74) is 4.21. The Morgan fingerprint density at radius 3 is 1.55 bits per heavy atom. The lowest BCUT2D eigenvalue weighted by atomic mass is 10.0. The number of halogens is 1. The summed E-state index contributed by atoms with van der Waals surface area (Å²) in [6.07, 6.45) is 0. The standard InChI is InChI=1S/C32H27FN2O3/c1-18-10-12-20(3)26(14-18)36-31-28(33)24(16-34)25(17-35)30(38-29-22(5)8-7-9-23(29)6)32(31)37-27-15-19(2)11-13-21(27)4/h7-15H,1-6H3. The van der Waals surface area contributed by atoms with Crippen LogP contribution < -0.4 is 14.2 Å². The molecule has 4 rings (SSSR count). The van der Waals surface area contributed by atoms with Crippen LogP contribution in [0.2, 0.25) is 0 Å². The van der Waals surface area contributed by atoms with Crippen LogP contribution in [-0.2, 0) is 0 Å². The molecule has 6 heteroatoms. The van der Waals surface area contributed by atoms with Gasteiger partial charge in [-0.15, -0.1) is 0 Å². The van der Waals surface area contributed by atoms with Crippen molar-refractivity contribution in [2.45, 2.75) is 41.5 Å². The highest BCUT2D eigenvalue weighted by Crippen LogP contribution is 2.50. The Labute approximate surface area is 222 Å². The fourth-order valence-electron chi connectivity index (χ4n) is 4.06. The summed E-state index contributed by atoms with van der Waals surface area (Å²) >= 11 is 0. The van der Waals surface area contributed by atoms with Crippen molar-refractivity contribution in [1.29, 1.82) is 10.5 Å². The average Bonchev–Trinajstić information content (AvgIpc) is 2.88. The van der Waals surface area contributed by atoms with Gasteiger partial charge in [-0.2, -0.15) is 10.5 Å². The molecule has 0 heterocycles. The van der Waals surface area contributed by atoms with E-state index in [1.165, 1.54) is 0 Å². The summed E-state index contributed by atoms with van der Waals surface area (Å²) < 4.78 is 34.8. The predicted molar refractivity (Wildman–Crippen MR) is 144 cm³/mol. The first kappa shape index (κ1) is 26.3. The number of benzene rings is 4. The molecule has 0 saturated heterocycles. The number of nitrogens with zero attached hydrogens (tertiary/aromatic N) is 2. The summed E-state index contributed by atoms with van der Waals surface area (Å²) in [4.78, 5) is 0. The molecule has 0 amide bonds. The monoisotopic (exact) mass is 506 g/mol. The van der Waals surface area contributed by atoms with Crippen LogP contribution in [0.4, 0.5) is 4.39 Å². The van der Waals surface area contributed by atoms with Gasteiger partial charge in [-0.05, 0) is 87.1 Å². The Balaban J connectivity index is 2.07. The molecule has 0 bridgehead atoms. The second-order valence-corrected chi connectivity index (χ2v) is 9.34. The van der Waals surface area contributed by atoms with E-state index in [1.54, 1.807) is 6.07 Å². The Kier molecular flexibility index (Phi) is 7.37. The SMILES string of the molecule is Cc1ccc(C)c(Oc2c(F)c(C#N)c(C#N)c(Oc3c(C)cccc3C)c2Oc2cc(C)ccc2C)c1. The second kappa shape index (κ2) is 10.7. The van der Waals surface area contributed by atoms with Gasteiger partial charge < -0.3 is 14.2 Å². The van der Waals surface area contributed by atoms with Gasteiger partial charge in [0.1, 0.15) is 40.5 Å². The van der Waals surface area contributed by atoms with E-state index in [0.717, 1.165) is 33.4 Å². The van der Waals surface area contributed by atoms with Gasteiger partial charge in [0.05, 0.1) is 0 Å². The minimum atomic E-state index is -1.00. The number of hydrogen-bond acceptors (Lipinski definition) is 5. The van der Waals surface area contributed by atoms with E-state index in [2.05, 4.69) is 0 Å². The molecule has 5 nitrogen and oxygen atoms in total. The highest BCUT2D eigenvalue weighted by atomic mass is 19.1. The fraction of sp³-hybridized carbons (Fsp3) is 0.188. The van der Waals surface area contributed by atoms with Crippen molar-refractivity contribution in [3.05, 3.63) is 105 Å². The summed E-state index contributed by atoms with van der Waals surface area (Å²) in [5, 5.41) is 20.0. The molecular formula is C32H27FN2O3. The van der Waals surface area contributed by atoms with Crippen molar-refractivity contribution in [3.63, 3.8) is 0 Å². The normalized spacial score (nSPS) is 10.4. The second-order valence-electron chi connectivity index (χ2n) is 9.34. The molecule has 0 unspecified atom stereocenters. The Morgan fingerprint density at radius 1 is 0.553 bits per heavy atom. The number of aryl methyl sites for hydroxylation is 6. The highest BCUT2D eigenvalue weighted by Gasteiger charge is 2.31. The smallest absolute Gasteiger partial charge is 0.216 e. The molecule has 0 aliphatic carbocycles. The van der Waals surface area contributed by atoms with Crippen molar-refractivity contribution in [2.24, 2.45) is 0 Å². The van der Waals surface area contributed by atoms with E-state index < -0.39 is 11.4 Å². The lowest BCUT2D eigenvalue weighted by molar-refractivity contribution is 0.365. The molecule has 0 fully saturated rings. The topological polar surface area (TPSA) is 75.3 Å². The van der Waals surface area contributed by atoms with E-state index in [9.17, 15) is 10.5 Å². The van der Waals surface area contributed by atoms with E-state index >= 15 is 4.39 Å². The van der Waals surface area contributed by atoms with Crippen molar-refractivity contribution < 1.29 is 18.6 Å². The third kappa shape index (κ3) is 5.03. The third-order valence-electron chi connectivity index (χ3n) is 6.26. The molecule has 0 atom stereocenters. The van der Waals surface area contributed by atoms with E-state index in [1.807, 2.05) is 102 Å². The number of ether oxygens (including phenoxy) is 3. The van der Waals surface area contributed by atoms with Gasteiger partial charge in [0.25, 0.3) is 0 Å². The molecule has 0 aromatic heterocycles. The first-order valence-corrected chi connectivity index (χ1v) is 12.1. The van der Waals surface area contributed by atoms with Gasteiger partial charge in [0.15, 0.2) is 11.6 Å². The Hall–Kier alpha value is -4.81. The van der Waals surface area contributed by atoms with Crippen LogP contribution in [0.25, 0.3) is 0 Å². The van der Waals surface area contributed by atoms with Gasteiger partial charge in [-0.25, -0.2) is 4.39 Å². The zero-order chi connectivity index (χ0) is 27.6. The zero-order valence-electron chi connectivity index (χ0n) is 22.2. The average molecular weight is 507 g/mol. The molecule has 0 radical (unpaired) electrons. The largest absolute Gasteiger partial charge is 0.451 e. The first-order chi connectivity index (χ1) is 18.1. The molecule has 0 N–H and O–H groups in total. The maximum absolute atomic E-state index is 16.0. The number of hydrogen-bond donors (Lipinski definition) is 0. The maximum atomic E-state index is 16.0. The summed E-state index contributed by atoms with van der Waals surface area (Å²) in [6, 6.07) is 20.6. The van der Waals surface area contributed by atoms with Crippen molar-refractivity contribution in [2.75, 3.05) is 0 Å². The minimum absolute atomic E-state index is 0.0935. The number of nitriles is 2. The summed E-state index contributed by atoms with van der Waals surface area (Å²) in [6.45, 7) is 11.2. The molecule has 0 saturated carbocycles. The quantitative estimate of drug-likeness (QED) is 0.261. The molecule has 4 aromatic carbocycles. The van der Waals surface area contributed by atoms with E-state index in [0.29, 0.717) is 17.2 Å². The molecule has 4 aromatic rings. The molecular weight excluding hydrogens is 479 g/mol. The first-order valence-electron chi connectivity index (χ1n) is 12.1. The molecule has 190 valence electrons. The predicted octanol–water partition coefficient (Wildman–Crippen LogP) is 8.80. The molecule has 0 spiro atoms. The van der Waals surface area contributed by atoms with Crippen LogP contribution in [-0.4, -0.2) is 0 Å².